The number of hydrogen-bond acceptors (Lipinski definition) is 3. The van der Waals surface area contributed by atoms with Gasteiger partial charge in [-0.15, -0.1) is 0 Å². The fourth-order valence-corrected chi connectivity index (χ4v) is 3.39. The second-order valence-corrected chi connectivity index (χ2v) is 7.24. The molecule has 1 N–H and O–H groups in total. The van der Waals surface area contributed by atoms with Crippen LogP contribution in [-0.4, -0.2) is 17.0 Å². The summed E-state index contributed by atoms with van der Waals surface area (Å²) >= 11 is 0. The maximum atomic E-state index is 12.6. The molecule has 23 heavy (non-hydrogen) atoms. The van der Waals surface area contributed by atoms with Crippen LogP contribution >= 0.6 is 7.37 Å². The Morgan fingerprint density at radius 3 is 2.48 bits per heavy atom. The second-order valence-electron chi connectivity index (χ2n) is 4.99. The Morgan fingerprint density at radius 1 is 1.13 bits per heavy atom. The van der Waals surface area contributed by atoms with Crippen molar-refractivity contribution in [2.75, 3.05) is 6.16 Å². The summed E-state index contributed by atoms with van der Waals surface area (Å²) in [5, 5.41) is 0.166. The van der Waals surface area contributed by atoms with Gasteiger partial charge in [0.1, 0.15) is 5.75 Å². The quantitative estimate of drug-likeness (QED) is 0.499. The zero-order chi connectivity index (χ0) is 16.7. The SMILES string of the molecule is CCC(=O)Oc1ccccc1P(=O)(O)CC=Cc1ccccc1. The normalized spacial score (nSPS) is 13.7. The van der Waals surface area contributed by atoms with Crippen LogP contribution in [0.15, 0.2) is 60.7 Å². The monoisotopic (exact) mass is 330 g/mol. The summed E-state index contributed by atoms with van der Waals surface area (Å²) < 4.78 is 17.8. The Hall–Kier alpha value is -2.16. The molecule has 0 radical (unpaired) electrons. The van der Waals surface area contributed by atoms with Crippen LogP contribution in [0.1, 0.15) is 18.9 Å². The number of carbonyl (C=O) groups is 1. The molecule has 2 rings (SSSR count). The van der Waals surface area contributed by atoms with E-state index in [1.54, 1.807) is 31.2 Å². The van der Waals surface area contributed by atoms with E-state index in [1.165, 1.54) is 12.1 Å². The molecule has 5 heteroatoms. The van der Waals surface area contributed by atoms with Crippen LogP contribution in [0.5, 0.6) is 5.75 Å². The largest absolute Gasteiger partial charge is 0.426 e. The number of benzene rings is 2. The third-order valence-electron chi connectivity index (χ3n) is 3.22. The lowest BCUT2D eigenvalue weighted by molar-refractivity contribution is -0.133. The van der Waals surface area contributed by atoms with E-state index >= 15 is 0 Å². The first-order chi connectivity index (χ1) is 11.0. The molecule has 0 aliphatic carbocycles. The number of para-hydroxylation sites is 1. The lowest BCUT2D eigenvalue weighted by Gasteiger charge is -2.14. The predicted molar refractivity (Wildman–Crippen MR) is 92.2 cm³/mol. The van der Waals surface area contributed by atoms with E-state index in [2.05, 4.69) is 0 Å². The molecular weight excluding hydrogens is 311 g/mol. The molecule has 120 valence electrons. The molecule has 0 aromatic heterocycles. The van der Waals surface area contributed by atoms with E-state index in [0.717, 1.165) is 5.56 Å². The van der Waals surface area contributed by atoms with Gasteiger partial charge in [0.05, 0.1) is 5.30 Å². The van der Waals surface area contributed by atoms with Gasteiger partial charge in [0.15, 0.2) is 0 Å². The summed E-state index contributed by atoms with van der Waals surface area (Å²) in [6, 6.07) is 15.9. The summed E-state index contributed by atoms with van der Waals surface area (Å²) in [6.45, 7) is 1.67. The minimum Gasteiger partial charge on any atom is -0.426 e. The van der Waals surface area contributed by atoms with Crippen LogP contribution in [0, 0.1) is 0 Å². The zero-order valence-corrected chi connectivity index (χ0v) is 13.8. The Balaban J connectivity index is 2.17. The van der Waals surface area contributed by atoms with Gasteiger partial charge in [-0.1, -0.05) is 61.5 Å². The van der Waals surface area contributed by atoms with Gasteiger partial charge < -0.3 is 9.63 Å². The van der Waals surface area contributed by atoms with Crippen LogP contribution in [0.2, 0.25) is 0 Å². The van der Waals surface area contributed by atoms with E-state index in [-0.39, 0.29) is 23.6 Å². The highest BCUT2D eigenvalue weighted by Crippen LogP contribution is 2.42. The van der Waals surface area contributed by atoms with E-state index in [9.17, 15) is 14.3 Å². The van der Waals surface area contributed by atoms with Crippen molar-refractivity contribution in [3.8, 4) is 5.75 Å². The van der Waals surface area contributed by atoms with E-state index in [0.29, 0.717) is 0 Å². The fourth-order valence-electron chi connectivity index (χ4n) is 2.02. The summed E-state index contributed by atoms with van der Waals surface area (Å²) in [7, 11) is -3.65. The van der Waals surface area contributed by atoms with Crippen LogP contribution in [0.4, 0.5) is 0 Å². The predicted octanol–water partition coefficient (Wildman–Crippen LogP) is 3.61. The average Bonchev–Trinajstić information content (AvgIpc) is 2.56. The molecule has 1 atom stereocenters. The molecular formula is C18H19O4P. The van der Waals surface area contributed by atoms with Gasteiger partial charge in [0.2, 0.25) is 7.37 Å². The molecule has 4 nitrogen and oxygen atoms in total. The number of rotatable bonds is 6. The van der Waals surface area contributed by atoms with Gasteiger partial charge in [0.25, 0.3) is 0 Å². The highest BCUT2D eigenvalue weighted by molar-refractivity contribution is 7.66. The van der Waals surface area contributed by atoms with Crippen molar-refractivity contribution in [1.82, 2.24) is 0 Å². The highest BCUT2D eigenvalue weighted by Gasteiger charge is 2.24. The summed E-state index contributed by atoms with van der Waals surface area (Å²) in [5.74, 6) is -0.282. The van der Waals surface area contributed by atoms with Crippen LogP contribution in [-0.2, 0) is 9.36 Å². The molecule has 0 heterocycles. The van der Waals surface area contributed by atoms with Crippen LogP contribution in [0.3, 0.4) is 0 Å². The number of hydrogen-bond donors (Lipinski definition) is 1. The smallest absolute Gasteiger partial charge is 0.310 e. The van der Waals surface area contributed by atoms with Gasteiger partial charge in [-0.25, -0.2) is 0 Å². The summed E-state index contributed by atoms with van der Waals surface area (Å²) in [5.41, 5.74) is 0.957. The van der Waals surface area contributed by atoms with Crippen molar-refractivity contribution in [2.24, 2.45) is 0 Å². The van der Waals surface area contributed by atoms with Crippen molar-refractivity contribution in [1.29, 1.82) is 0 Å². The standard InChI is InChI=1S/C18H19O4P/c1-2-18(19)22-16-12-6-7-13-17(16)23(20,21)14-8-11-15-9-4-3-5-10-15/h3-13H,2,14H2,1H3,(H,20,21). The Bertz CT molecular complexity index is 738. The Kier molecular flexibility index (Phi) is 5.91. The van der Waals surface area contributed by atoms with Gasteiger partial charge in [0, 0.05) is 12.6 Å². The zero-order valence-electron chi connectivity index (χ0n) is 12.9. The molecule has 0 spiro atoms. The number of esters is 1. The first kappa shape index (κ1) is 17.2. The minimum absolute atomic E-state index is 0.0252. The third-order valence-corrected chi connectivity index (χ3v) is 5.04. The topological polar surface area (TPSA) is 63.6 Å². The molecule has 0 bridgehead atoms. The van der Waals surface area contributed by atoms with E-state index in [4.69, 9.17) is 4.74 Å². The first-order valence-corrected chi connectivity index (χ1v) is 9.21. The maximum absolute atomic E-state index is 12.6. The molecule has 2 aromatic carbocycles. The van der Waals surface area contributed by atoms with Gasteiger partial charge >= 0.3 is 5.97 Å². The molecule has 2 aromatic rings. The van der Waals surface area contributed by atoms with Gasteiger partial charge in [-0.05, 0) is 17.7 Å². The molecule has 1 unspecified atom stereocenters. The lowest BCUT2D eigenvalue weighted by Crippen LogP contribution is -2.15. The Labute approximate surface area is 135 Å². The Morgan fingerprint density at radius 2 is 1.78 bits per heavy atom. The molecule has 0 fully saturated rings. The van der Waals surface area contributed by atoms with Crippen molar-refractivity contribution in [3.05, 3.63) is 66.2 Å². The molecule has 0 saturated heterocycles. The summed E-state index contributed by atoms with van der Waals surface area (Å²) in [4.78, 5) is 21.8. The van der Waals surface area contributed by atoms with Crippen LogP contribution < -0.4 is 10.0 Å². The van der Waals surface area contributed by atoms with Crippen molar-refractivity contribution in [2.45, 2.75) is 13.3 Å². The van der Waals surface area contributed by atoms with E-state index < -0.39 is 13.3 Å². The number of carbonyl (C=O) groups excluding carboxylic acids is 1. The fraction of sp³-hybridized carbons (Fsp3) is 0.167. The third kappa shape index (κ3) is 4.92. The highest BCUT2D eigenvalue weighted by atomic mass is 31.2. The second kappa shape index (κ2) is 7.91. The molecule has 0 amide bonds. The first-order valence-electron chi connectivity index (χ1n) is 7.36. The minimum atomic E-state index is -3.65. The number of ether oxygens (including phenoxy) is 1. The van der Waals surface area contributed by atoms with Crippen molar-refractivity contribution in [3.63, 3.8) is 0 Å². The van der Waals surface area contributed by atoms with Gasteiger partial charge in [-0.3, -0.25) is 9.36 Å². The molecule has 0 aliphatic heterocycles. The van der Waals surface area contributed by atoms with Crippen molar-refractivity contribution >= 4 is 24.7 Å². The maximum Gasteiger partial charge on any atom is 0.310 e. The van der Waals surface area contributed by atoms with E-state index in [1.807, 2.05) is 30.3 Å². The van der Waals surface area contributed by atoms with Crippen molar-refractivity contribution < 1.29 is 19.0 Å². The lowest BCUT2D eigenvalue weighted by atomic mass is 10.2. The number of allylic oxidation sites excluding steroid dienone is 1. The molecule has 0 saturated carbocycles. The van der Waals surface area contributed by atoms with Crippen LogP contribution in [0.25, 0.3) is 6.08 Å². The average molecular weight is 330 g/mol. The molecule has 0 aliphatic rings. The summed E-state index contributed by atoms with van der Waals surface area (Å²) in [6.07, 6.45) is 3.64. The van der Waals surface area contributed by atoms with Gasteiger partial charge in [-0.2, -0.15) is 0 Å².